The largest absolute Gasteiger partial charge is 0.390 e. The summed E-state index contributed by atoms with van der Waals surface area (Å²) in [6.07, 6.45) is 6.12. The van der Waals surface area contributed by atoms with Crippen LogP contribution in [0.2, 0.25) is 0 Å². The first-order valence-electron chi connectivity index (χ1n) is 5.45. The molecule has 1 N–H and O–H groups in total. The summed E-state index contributed by atoms with van der Waals surface area (Å²) in [5.74, 6) is 2.11. The van der Waals surface area contributed by atoms with E-state index in [1.165, 1.54) is 12.8 Å². The van der Waals surface area contributed by atoms with E-state index in [9.17, 15) is 5.11 Å². The van der Waals surface area contributed by atoms with Gasteiger partial charge in [0.05, 0.1) is 11.7 Å². The molecule has 3 unspecified atom stereocenters. The predicted octanol–water partition coefficient (Wildman–Crippen LogP) is 1.57. The summed E-state index contributed by atoms with van der Waals surface area (Å²) in [5.41, 5.74) is -0.300. The van der Waals surface area contributed by atoms with E-state index in [1.807, 2.05) is 7.11 Å². The lowest BCUT2D eigenvalue weighted by Crippen LogP contribution is -2.57. The summed E-state index contributed by atoms with van der Waals surface area (Å²) < 4.78 is 5.56. The molecule has 74 valence electrons. The second kappa shape index (κ2) is 2.48. The van der Waals surface area contributed by atoms with Crippen LogP contribution in [0.5, 0.6) is 0 Å². The Hall–Kier alpha value is -0.0800. The second-order valence-electron chi connectivity index (χ2n) is 5.39. The molecule has 4 aliphatic carbocycles. The fraction of sp³-hybridized carbons (Fsp3) is 1.00. The van der Waals surface area contributed by atoms with Crippen LogP contribution in [0.1, 0.15) is 32.1 Å². The molecule has 0 radical (unpaired) electrons. The quantitative estimate of drug-likeness (QED) is 0.667. The molecule has 0 heterocycles. The van der Waals surface area contributed by atoms with Gasteiger partial charge in [-0.3, -0.25) is 0 Å². The molecule has 13 heavy (non-hydrogen) atoms. The van der Waals surface area contributed by atoms with E-state index in [-0.39, 0.29) is 5.60 Å². The Balaban J connectivity index is 1.90. The third-order valence-corrected chi connectivity index (χ3v) is 4.43. The first-order valence-corrected chi connectivity index (χ1v) is 5.45. The fourth-order valence-corrected chi connectivity index (χ4v) is 4.32. The molecular formula is C11H18O2. The Bertz CT molecular complexity index is 210. The van der Waals surface area contributed by atoms with Crippen LogP contribution < -0.4 is 0 Å². The van der Waals surface area contributed by atoms with Crippen LogP contribution in [0, 0.1) is 17.8 Å². The van der Waals surface area contributed by atoms with Crippen LogP contribution in [0.4, 0.5) is 0 Å². The number of rotatable bonds is 1. The molecule has 0 saturated heterocycles. The van der Waals surface area contributed by atoms with E-state index in [0.717, 1.165) is 25.2 Å². The van der Waals surface area contributed by atoms with Crippen molar-refractivity contribution in [2.75, 3.05) is 7.11 Å². The average Bonchev–Trinajstić information content (AvgIpc) is 2.00. The zero-order valence-corrected chi connectivity index (χ0v) is 8.20. The maximum atomic E-state index is 10.3. The third kappa shape index (κ3) is 1.08. The second-order valence-corrected chi connectivity index (χ2v) is 5.39. The molecule has 4 aliphatic rings. The highest BCUT2D eigenvalue weighted by molar-refractivity contribution is 5.06. The molecule has 5 atom stereocenters. The van der Waals surface area contributed by atoms with Crippen LogP contribution in [0.3, 0.4) is 0 Å². The summed E-state index contributed by atoms with van der Waals surface area (Å²) in [7, 11) is 1.83. The van der Waals surface area contributed by atoms with Crippen molar-refractivity contribution >= 4 is 0 Å². The summed E-state index contributed by atoms with van der Waals surface area (Å²) in [6, 6.07) is 0. The van der Waals surface area contributed by atoms with E-state index in [0.29, 0.717) is 17.9 Å². The van der Waals surface area contributed by atoms with Gasteiger partial charge < -0.3 is 9.84 Å². The van der Waals surface area contributed by atoms with Crippen LogP contribution in [0.15, 0.2) is 0 Å². The van der Waals surface area contributed by atoms with Crippen molar-refractivity contribution < 1.29 is 9.84 Å². The maximum Gasteiger partial charge on any atom is 0.0657 e. The van der Waals surface area contributed by atoms with E-state index in [1.54, 1.807) is 0 Å². The van der Waals surface area contributed by atoms with Crippen molar-refractivity contribution in [1.82, 2.24) is 0 Å². The Labute approximate surface area is 79.3 Å². The zero-order chi connectivity index (χ0) is 9.05. The minimum atomic E-state index is -0.300. The van der Waals surface area contributed by atoms with Gasteiger partial charge in [-0.25, -0.2) is 0 Å². The molecule has 0 aliphatic heterocycles. The number of hydrogen-bond acceptors (Lipinski definition) is 2. The lowest BCUT2D eigenvalue weighted by Gasteiger charge is -2.57. The summed E-state index contributed by atoms with van der Waals surface area (Å²) in [4.78, 5) is 0. The van der Waals surface area contributed by atoms with Gasteiger partial charge in [0.2, 0.25) is 0 Å². The highest BCUT2D eigenvalue weighted by atomic mass is 16.5. The number of methoxy groups -OCH3 is 1. The minimum absolute atomic E-state index is 0.300. The van der Waals surface area contributed by atoms with Crippen LogP contribution >= 0.6 is 0 Å². The van der Waals surface area contributed by atoms with Crippen molar-refractivity contribution in [3.63, 3.8) is 0 Å². The monoisotopic (exact) mass is 182 g/mol. The topological polar surface area (TPSA) is 29.5 Å². The van der Waals surface area contributed by atoms with Gasteiger partial charge in [-0.05, 0) is 49.9 Å². The standard InChI is InChI=1S/C11H18O2/c1-13-10-8-2-7-3-9(10)6-11(12,4-7)5-8/h7-10,12H,2-6H2,1H3/t7?,8-,9+,10?,11?. The van der Waals surface area contributed by atoms with Crippen LogP contribution in [0.25, 0.3) is 0 Å². The smallest absolute Gasteiger partial charge is 0.0657 e. The van der Waals surface area contributed by atoms with Crippen molar-refractivity contribution in [2.24, 2.45) is 17.8 Å². The molecule has 4 saturated carbocycles. The van der Waals surface area contributed by atoms with Crippen molar-refractivity contribution in [3.8, 4) is 0 Å². The van der Waals surface area contributed by atoms with Crippen molar-refractivity contribution in [2.45, 2.75) is 43.8 Å². The zero-order valence-electron chi connectivity index (χ0n) is 8.20. The molecule has 0 aromatic rings. The highest BCUT2D eigenvalue weighted by Crippen LogP contribution is 2.56. The first kappa shape index (κ1) is 8.25. The van der Waals surface area contributed by atoms with Gasteiger partial charge in [0.1, 0.15) is 0 Å². The van der Waals surface area contributed by atoms with E-state index in [4.69, 9.17) is 4.74 Å². The Morgan fingerprint density at radius 2 is 1.77 bits per heavy atom. The average molecular weight is 182 g/mol. The number of aliphatic hydroxyl groups is 1. The maximum absolute atomic E-state index is 10.3. The predicted molar refractivity (Wildman–Crippen MR) is 49.3 cm³/mol. The van der Waals surface area contributed by atoms with Gasteiger partial charge in [-0.15, -0.1) is 0 Å². The van der Waals surface area contributed by atoms with Crippen LogP contribution in [-0.2, 0) is 4.74 Å². The summed E-state index contributed by atoms with van der Waals surface area (Å²) in [6.45, 7) is 0. The number of hydrogen-bond donors (Lipinski definition) is 1. The van der Waals surface area contributed by atoms with Gasteiger partial charge in [0.15, 0.2) is 0 Å². The molecule has 0 amide bonds. The number of ether oxygens (including phenoxy) is 1. The molecule has 0 aromatic carbocycles. The first-order chi connectivity index (χ1) is 6.20. The summed E-state index contributed by atoms with van der Waals surface area (Å²) in [5, 5.41) is 10.3. The van der Waals surface area contributed by atoms with Gasteiger partial charge in [0, 0.05) is 7.11 Å². The van der Waals surface area contributed by atoms with E-state index in [2.05, 4.69) is 0 Å². The van der Waals surface area contributed by atoms with E-state index < -0.39 is 0 Å². The van der Waals surface area contributed by atoms with Crippen LogP contribution in [-0.4, -0.2) is 23.9 Å². The highest BCUT2D eigenvalue weighted by Gasteiger charge is 2.54. The van der Waals surface area contributed by atoms with Gasteiger partial charge >= 0.3 is 0 Å². The minimum Gasteiger partial charge on any atom is -0.390 e. The van der Waals surface area contributed by atoms with Crippen molar-refractivity contribution in [1.29, 1.82) is 0 Å². The van der Waals surface area contributed by atoms with Gasteiger partial charge in [0.25, 0.3) is 0 Å². The SMILES string of the molecule is COC1[C@@H]2CC3C[C@H]1CC(O)(C3)C2. The van der Waals surface area contributed by atoms with Gasteiger partial charge in [-0.1, -0.05) is 0 Å². The molecule has 4 fully saturated rings. The van der Waals surface area contributed by atoms with E-state index >= 15 is 0 Å². The molecule has 4 rings (SSSR count). The third-order valence-electron chi connectivity index (χ3n) is 4.43. The molecule has 0 aromatic heterocycles. The lowest BCUT2D eigenvalue weighted by atomic mass is 9.53. The fourth-order valence-electron chi connectivity index (χ4n) is 4.32. The lowest BCUT2D eigenvalue weighted by molar-refractivity contribution is -0.183. The van der Waals surface area contributed by atoms with Crippen molar-refractivity contribution in [3.05, 3.63) is 0 Å². The summed E-state index contributed by atoms with van der Waals surface area (Å²) >= 11 is 0. The Kier molecular flexibility index (Phi) is 1.58. The molecule has 0 spiro atoms. The molecule has 2 heteroatoms. The normalized spacial score (nSPS) is 58.6. The van der Waals surface area contributed by atoms with Gasteiger partial charge in [-0.2, -0.15) is 0 Å². The Morgan fingerprint density at radius 3 is 2.23 bits per heavy atom. The Morgan fingerprint density at radius 1 is 1.15 bits per heavy atom. The molecular weight excluding hydrogens is 164 g/mol. The molecule has 2 nitrogen and oxygen atoms in total. The molecule has 4 bridgehead atoms.